The lowest BCUT2D eigenvalue weighted by atomic mass is 10.0. The van der Waals surface area contributed by atoms with Crippen LogP contribution in [0.25, 0.3) is 0 Å². The summed E-state index contributed by atoms with van der Waals surface area (Å²) in [4.78, 5) is 11.0. The van der Waals surface area contributed by atoms with Crippen molar-refractivity contribution < 1.29 is 40.3 Å². The van der Waals surface area contributed by atoms with E-state index in [2.05, 4.69) is 11.7 Å². The molecule has 0 amide bonds. The molecule has 0 spiro atoms. The summed E-state index contributed by atoms with van der Waals surface area (Å²) < 4.78 is 91.5. The van der Waals surface area contributed by atoms with E-state index in [1.54, 1.807) is 0 Å². The van der Waals surface area contributed by atoms with Crippen LogP contribution in [0.2, 0.25) is 0 Å². The molecule has 31 heavy (non-hydrogen) atoms. The van der Waals surface area contributed by atoms with Crippen LogP contribution in [0.4, 0.5) is 30.7 Å². The molecule has 0 unspecified atom stereocenters. The van der Waals surface area contributed by atoms with Crippen molar-refractivity contribution in [2.75, 3.05) is 6.61 Å². The maximum absolute atomic E-state index is 13.1. The average molecular weight is 467 g/mol. The van der Waals surface area contributed by atoms with Gasteiger partial charge in [0.1, 0.15) is 0 Å². The first kappa shape index (κ1) is 30.0. The fraction of sp³-hybridized carbons (Fsp3) is 0.955. The van der Waals surface area contributed by atoms with E-state index in [-0.39, 0.29) is 6.42 Å². The molecule has 9 heteroatoms. The number of halogens is 7. The zero-order valence-corrected chi connectivity index (χ0v) is 18.5. The molecule has 0 aromatic carbocycles. The molecule has 0 aliphatic rings. The van der Waals surface area contributed by atoms with Gasteiger partial charge in [-0.2, -0.15) is 30.7 Å². The number of rotatable bonds is 19. The van der Waals surface area contributed by atoms with Gasteiger partial charge in [0, 0.05) is 0 Å². The van der Waals surface area contributed by atoms with Gasteiger partial charge in [0.15, 0.2) is 0 Å². The molecule has 0 aliphatic carbocycles. The summed E-state index contributed by atoms with van der Waals surface area (Å²) in [5.74, 6) is -15.3. The Bertz CT molecular complexity index is 465. The van der Waals surface area contributed by atoms with Crippen LogP contribution in [0.5, 0.6) is 0 Å². The molecule has 0 aliphatic heterocycles. The number of unbranched alkanes of at least 4 members (excludes halogenated alkanes) is 15. The summed E-state index contributed by atoms with van der Waals surface area (Å²) in [5, 5.41) is 0. The highest BCUT2D eigenvalue weighted by molar-refractivity contribution is 5.79. The fourth-order valence-electron chi connectivity index (χ4n) is 3.21. The van der Waals surface area contributed by atoms with Gasteiger partial charge < -0.3 is 4.74 Å². The van der Waals surface area contributed by atoms with E-state index in [4.69, 9.17) is 0 Å². The number of alkyl halides is 7. The average Bonchev–Trinajstić information content (AvgIpc) is 2.69. The van der Waals surface area contributed by atoms with Crippen LogP contribution in [-0.2, 0) is 9.53 Å². The zero-order chi connectivity index (χ0) is 23.8. The molecule has 2 nitrogen and oxygen atoms in total. The Kier molecular flexibility index (Phi) is 15.2. The molecule has 0 N–H and O–H groups in total. The summed E-state index contributed by atoms with van der Waals surface area (Å²) >= 11 is 0. The Balaban J connectivity index is 3.59. The molecular formula is C22H37F7O2. The van der Waals surface area contributed by atoms with E-state index in [1.807, 2.05) is 0 Å². The molecule has 0 aromatic heterocycles. The summed E-state index contributed by atoms with van der Waals surface area (Å²) in [6, 6.07) is 0. The standard InChI is InChI=1S/C22H37F7O2/c1-2-3-4-5-6-7-8-9-10-11-12-13-14-15-16-17-18-31-19(30)20(23,24)21(25,26)22(27,28)29/h2-18H2,1H3. The monoisotopic (exact) mass is 466 g/mol. The summed E-state index contributed by atoms with van der Waals surface area (Å²) in [5.41, 5.74) is 0. The molecule has 0 saturated carbocycles. The van der Waals surface area contributed by atoms with E-state index >= 15 is 0 Å². The highest BCUT2D eigenvalue weighted by Crippen LogP contribution is 2.46. The van der Waals surface area contributed by atoms with Gasteiger partial charge in [0.05, 0.1) is 6.61 Å². The van der Waals surface area contributed by atoms with Crippen molar-refractivity contribution in [3.63, 3.8) is 0 Å². The van der Waals surface area contributed by atoms with Crippen LogP contribution in [0.1, 0.15) is 110 Å². The summed E-state index contributed by atoms with van der Waals surface area (Å²) in [7, 11) is 0. The number of carbonyl (C=O) groups is 1. The van der Waals surface area contributed by atoms with Crippen molar-refractivity contribution in [2.24, 2.45) is 0 Å². The highest BCUT2D eigenvalue weighted by atomic mass is 19.4. The van der Waals surface area contributed by atoms with Gasteiger partial charge in [0.2, 0.25) is 0 Å². The van der Waals surface area contributed by atoms with Crippen molar-refractivity contribution in [1.82, 2.24) is 0 Å². The van der Waals surface area contributed by atoms with Gasteiger partial charge in [-0.1, -0.05) is 103 Å². The second kappa shape index (κ2) is 15.7. The zero-order valence-electron chi connectivity index (χ0n) is 18.5. The van der Waals surface area contributed by atoms with Crippen molar-refractivity contribution in [1.29, 1.82) is 0 Å². The van der Waals surface area contributed by atoms with Crippen molar-refractivity contribution >= 4 is 5.97 Å². The fourth-order valence-corrected chi connectivity index (χ4v) is 3.21. The molecule has 0 heterocycles. The number of hydrogen-bond donors (Lipinski definition) is 0. The molecule has 0 atom stereocenters. The second-order valence-electron chi connectivity index (χ2n) is 8.09. The Morgan fingerprint density at radius 3 is 1.23 bits per heavy atom. The van der Waals surface area contributed by atoms with E-state index in [1.165, 1.54) is 57.8 Å². The molecule has 0 saturated heterocycles. The lowest BCUT2D eigenvalue weighted by molar-refractivity contribution is -0.348. The minimum atomic E-state index is -6.54. The Morgan fingerprint density at radius 2 is 0.903 bits per heavy atom. The van der Waals surface area contributed by atoms with Gasteiger partial charge in [-0.3, -0.25) is 0 Å². The molecular weight excluding hydrogens is 429 g/mol. The van der Waals surface area contributed by atoms with Gasteiger partial charge in [-0.15, -0.1) is 0 Å². The third kappa shape index (κ3) is 12.0. The molecule has 0 radical (unpaired) electrons. The van der Waals surface area contributed by atoms with Crippen molar-refractivity contribution in [2.45, 2.75) is 128 Å². The molecule has 0 bridgehead atoms. The number of carbonyl (C=O) groups excluding carboxylic acids is 1. The van der Waals surface area contributed by atoms with E-state index < -0.39 is 30.6 Å². The Morgan fingerprint density at radius 1 is 0.581 bits per heavy atom. The summed E-state index contributed by atoms with van der Waals surface area (Å²) in [6.07, 6.45) is 10.7. The van der Waals surface area contributed by atoms with E-state index in [0.29, 0.717) is 6.42 Å². The van der Waals surface area contributed by atoms with Crippen molar-refractivity contribution in [3.05, 3.63) is 0 Å². The van der Waals surface area contributed by atoms with Crippen LogP contribution in [0.3, 0.4) is 0 Å². The van der Waals surface area contributed by atoms with Gasteiger partial charge in [-0.25, -0.2) is 4.79 Å². The van der Waals surface area contributed by atoms with Crippen LogP contribution in [-0.4, -0.2) is 30.6 Å². The van der Waals surface area contributed by atoms with Crippen LogP contribution >= 0.6 is 0 Å². The highest BCUT2D eigenvalue weighted by Gasteiger charge is 2.77. The van der Waals surface area contributed by atoms with Crippen LogP contribution < -0.4 is 0 Å². The number of ether oxygens (including phenoxy) is 1. The quantitative estimate of drug-likeness (QED) is 0.108. The minimum absolute atomic E-state index is 0.137. The lowest BCUT2D eigenvalue weighted by Crippen LogP contribution is -2.56. The molecule has 0 aromatic rings. The topological polar surface area (TPSA) is 26.3 Å². The lowest BCUT2D eigenvalue weighted by Gasteiger charge is -2.26. The largest absolute Gasteiger partial charge is 0.461 e. The maximum atomic E-state index is 13.1. The predicted octanol–water partition coefficient (Wildman–Crippen LogP) is 8.62. The second-order valence-corrected chi connectivity index (χ2v) is 8.09. The first-order valence-electron chi connectivity index (χ1n) is 11.5. The third-order valence-corrected chi connectivity index (χ3v) is 5.24. The maximum Gasteiger partial charge on any atom is 0.460 e. The van der Waals surface area contributed by atoms with Crippen molar-refractivity contribution in [3.8, 4) is 0 Å². The SMILES string of the molecule is CCCCCCCCCCCCCCCCCCOC(=O)C(F)(F)C(F)(F)C(F)(F)F. The normalized spacial score (nSPS) is 12.9. The third-order valence-electron chi connectivity index (χ3n) is 5.24. The van der Waals surface area contributed by atoms with Gasteiger partial charge in [-0.05, 0) is 6.42 Å². The molecule has 0 fully saturated rings. The van der Waals surface area contributed by atoms with Crippen LogP contribution in [0, 0.1) is 0 Å². The number of esters is 1. The smallest absolute Gasteiger partial charge is 0.460 e. The van der Waals surface area contributed by atoms with Gasteiger partial charge >= 0.3 is 24.0 Å². The van der Waals surface area contributed by atoms with E-state index in [9.17, 15) is 35.5 Å². The number of hydrogen-bond acceptors (Lipinski definition) is 2. The first-order chi connectivity index (χ1) is 14.5. The Labute approximate surface area is 181 Å². The first-order valence-corrected chi connectivity index (χ1v) is 11.5. The van der Waals surface area contributed by atoms with E-state index in [0.717, 1.165) is 32.1 Å². The summed E-state index contributed by atoms with van der Waals surface area (Å²) in [6.45, 7) is 1.60. The minimum Gasteiger partial charge on any atom is -0.461 e. The van der Waals surface area contributed by atoms with Gasteiger partial charge in [0.25, 0.3) is 0 Å². The van der Waals surface area contributed by atoms with Crippen LogP contribution in [0.15, 0.2) is 0 Å². The predicted molar refractivity (Wildman–Crippen MR) is 106 cm³/mol. The molecule has 0 rings (SSSR count). The Hall–Kier alpha value is -1.02. The molecule has 186 valence electrons.